The Hall–Kier alpha value is -3.06. The monoisotopic (exact) mass is 352 g/mol. The molecule has 7 heteroatoms. The Labute approximate surface area is 150 Å². The Morgan fingerprint density at radius 3 is 2.35 bits per heavy atom. The lowest BCUT2D eigenvalue weighted by atomic mass is 10.0. The third kappa shape index (κ3) is 2.57. The van der Waals surface area contributed by atoms with Crippen LogP contribution in [0.4, 0.5) is 4.39 Å². The second-order valence-corrected chi connectivity index (χ2v) is 5.88. The van der Waals surface area contributed by atoms with Crippen molar-refractivity contribution in [2.45, 2.75) is 26.7 Å². The summed E-state index contributed by atoms with van der Waals surface area (Å²) in [6.45, 7) is 4.05. The minimum atomic E-state index is -0.169. The predicted octanol–water partition coefficient (Wildman–Crippen LogP) is 4.24. The van der Waals surface area contributed by atoms with Crippen molar-refractivity contribution >= 4 is 10.9 Å². The first-order valence-electron chi connectivity index (χ1n) is 8.40. The van der Waals surface area contributed by atoms with Crippen molar-refractivity contribution < 1.29 is 4.39 Å². The number of hydrogen-bond donors (Lipinski definition) is 2. The van der Waals surface area contributed by atoms with E-state index in [1.807, 2.05) is 43.3 Å². The number of H-pyrrole nitrogens is 1. The van der Waals surface area contributed by atoms with Crippen LogP contribution in [-0.2, 0) is 12.8 Å². The third-order valence-corrected chi connectivity index (χ3v) is 4.58. The smallest absolute Gasteiger partial charge is 0.196 e. The molecule has 0 aliphatic carbocycles. The molecular formula is C19H21FN6. The molecule has 2 aromatic heterocycles. The maximum Gasteiger partial charge on any atom is 0.196 e. The number of aromatic amines is 1. The Balaban J connectivity index is 0.00000196. The summed E-state index contributed by atoms with van der Waals surface area (Å²) in [5.74, 6) is 0.413. The van der Waals surface area contributed by atoms with Crippen LogP contribution < -0.4 is 6.15 Å². The van der Waals surface area contributed by atoms with Crippen molar-refractivity contribution in [2.75, 3.05) is 0 Å². The minimum Gasteiger partial charge on any atom is -0.344 e. The van der Waals surface area contributed by atoms with Crippen molar-refractivity contribution in [3.63, 3.8) is 0 Å². The zero-order valence-corrected chi connectivity index (χ0v) is 14.8. The number of hydrogen-bond acceptors (Lipinski definition) is 4. The summed E-state index contributed by atoms with van der Waals surface area (Å²) in [6, 6.07) is 13.4. The highest BCUT2D eigenvalue weighted by Gasteiger charge is 2.23. The third-order valence-electron chi connectivity index (χ3n) is 4.58. The van der Waals surface area contributed by atoms with E-state index in [9.17, 15) is 4.39 Å². The molecule has 0 spiro atoms. The highest BCUT2D eigenvalue weighted by atomic mass is 19.1. The molecule has 0 aliphatic rings. The Morgan fingerprint density at radius 2 is 1.73 bits per heavy atom. The average Bonchev–Trinajstić information content (AvgIpc) is 3.27. The standard InChI is InChI=1S/C19H18FN5.H3N/c1-3-13-15(20)10-11-16-17(13)14(4-2)18(19-21-23-24-22-19)25(16)12-8-6-5-7-9-12;/h5-11H,3-4H2,1-2H3,(H,21,22,23,24);1H3. The van der Waals surface area contributed by atoms with Gasteiger partial charge in [-0.3, -0.25) is 0 Å². The summed E-state index contributed by atoms with van der Waals surface area (Å²) in [5, 5.41) is 15.4. The number of rotatable bonds is 4. The zero-order valence-electron chi connectivity index (χ0n) is 14.8. The van der Waals surface area contributed by atoms with Crippen molar-refractivity contribution in [2.24, 2.45) is 0 Å². The average molecular weight is 352 g/mol. The normalized spacial score (nSPS) is 10.9. The van der Waals surface area contributed by atoms with Gasteiger partial charge in [0.1, 0.15) is 5.82 Å². The molecule has 2 aromatic carbocycles. The highest BCUT2D eigenvalue weighted by molar-refractivity contribution is 5.95. The van der Waals surface area contributed by atoms with Crippen LogP contribution in [0, 0.1) is 5.82 Å². The van der Waals surface area contributed by atoms with Crippen LogP contribution in [0.15, 0.2) is 42.5 Å². The number of nitrogens with zero attached hydrogens (tertiary/aromatic N) is 4. The van der Waals surface area contributed by atoms with E-state index >= 15 is 0 Å². The van der Waals surface area contributed by atoms with E-state index in [0.717, 1.165) is 39.8 Å². The molecular weight excluding hydrogens is 331 g/mol. The van der Waals surface area contributed by atoms with Gasteiger partial charge in [-0.2, -0.15) is 0 Å². The lowest BCUT2D eigenvalue weighted by molar-refractivity contribution is 0.615. The van der Waals surface area contributed by atoms with Gasteiger partial charge in [0.25, 0.3) is 0 Å². The van der Waals surface area contributed by atoms with Gasteiger partial charge >= 0.3 is 0 Å². The minimum absolute atomic E-state index is 0. The van der Waals surface area contributed by atoms with E-state index in [-0.39, 0.29) is 12.0 Å². The van der Waals surface area contributed by atoms with Crippen LogP contribution in [0.5, 0.6) is 0 Å². The molecule has 0 saturated carbocycles. The van der Waals surface area contributed by atoms with Gasteiger partial charge < -0.3 is 10.7 Å². The van der Waals surface area contributed by atoms with Gasteiger partial charge in [0.15, 0.2) is 5.82 Å². The summed E-state index contributed by atoms with van der Waals surface area (Å²) in [4.78, 5) is 0. The van der Waals surface area contributed by atoms with Crippen LogP contribution >= 0.6 is 0 Å². The highest BCUT2D eigenvalue weighted by Crippen LogP contribution is 2.37. The first kappa shape index (κ1) is 17.8. The maximum absolute atomic E-state index is 14.5. The van der Waals surface area contributed by atoms with Gasteiger partial charge in [0, 0.05) is 11.1 Å². The van der Waals surface area contributed by atoms with E-state index in [1.165, 1.54) is 0 Å². The molecule has 4 rings (SSSR count). The fraction of sp³-hybridized carbons (Fsp3) is 0.211. The van der Waals surface area contributed by atoms with Crippen LogP contribution in [0.1, 0.15) is 25.0 Å². The molecule has 26 heavy (non-hydrogen) atoms. The summed E-state index contributed by atoms with van der Waals surface area (Å²) in [6.07, 6.45) is 1.38. The number of nitrogens with one attached hydrogen (secondary N) is 1. The molecule has 6 nitrogen and oxygen atoms in total. The molecule has 4 aromatic rings. The first-order chi connectivity index (χ1) is 12.3. The van der Waals surface area contributed by atoms with Crippen molar-refractivity contribution in [1.29, 1.82) is 0 Å². The number of para-hydroxylation sites is 1. The Bertz CT molecular complexity index is 1020. The molecule has 2 heterocycles. The fourth-order valence-electron chi connectivity index (χ4n) is 3.55. The predicted molar refractivity (Wildman–Crippen MR) is 100 cm³/mol. The maximum atomic E-state index is 14.5. The SMILES string of the molecule is CCc1c(F)ccc2c1c(CC)c(-c1nnn[nH]1)n2-c1ccccc1.N. The summed E-state index contributed by atoms with van der Waals surface area (Å²) < 4.78 is 16.6. The Morgan fingerprint density at radius 1 is 1.00 bits per heavy atom. The summed E-state index contributed by atoms with van der Waals surface area (Å²) in [5.41, 5.74) is 4.63. The van der Waals surface area contributed by atoms with Crippen LogP contribution in [0.3, 0.4) is 0 Å². The van der Waals surface area contributed by atoms with E-state index < -0.39 is 0 Å². The number of fused-ring (bicyclic) bond motifs is 1. The molecule has 134 valence electrons. The van der Waals surface area contributed by atoms with Crippen molar-refractivity contribution in [3.8, 4) is 17.2 Å². The Kier molecular flexibility index (Phi) is 4.81. The van der Waals surface area contributed by atoms with E-state index in [1.54, 1.807) is 6.07 Å². The van der Waals surface area contributed by atoms with Gasteiger partial charge in [0.2, 0.25) is 0 Å². The van der Waals surface area contributed by atoms with Crippen molar-refractivity contribution in [1.82, 2.24) is 31.3 Å². The van der Waals surface area contributed by atoms with Crippen LogP contribution in [-0.4, -0.2) is 25.2 Å². The molecule has 0 atom stereocenters. The fourth-order valence-corrected chi connectivity index (χ4v) is 3.55. The number of benzene rings is 2. The van der Waals surface area contributed by atoms with E-state index in [2.05, 4.69) is 32.1 Å². The first-order valence-corrected chi connectivity index (χ1v) is 8.40. The molecule has 0 saturated heterocycles. The number of tetrazole rings is 1. The molecule has 0 fully saturated rings. The van der Waals surface area contributed by atoms with Crippen LogP contribution in [0.2, 0.25) is 0 Å². The van der Waals surface area contributed by atoms with Gasteiger partial charge in [-0.15, -0.1) is 5.10 Å². The quantitative estimate of drug-likeness (QED) is 0.574. The molecule has 0 bridgehead atoms. The van der Waals surface area contributed by atoms with E-state index in [4.69, 9.17) is 0 Å². The van der Waals surface area contributed by atoms with Gasteiger partial charge in [0.05, 0.1) is 11.2 Å². The summed E-state index contributed by atoms with van der Waals surface area (Å²) >= 11 is 0. The topological polar surface area (TPSA) is 94.4 Å². The second-order valence-electron chi connectivity index (χ2n) is 5.88. The second kappa shape index (κ2) is 7.05. The molecule has 0 amide bonds. The van der Waals surface area contributed by atoms with E-state index in [0.29, 0.717) is 12.2 Å². The van der Waals surface area contributed by atoms with Gasteiger partial charge in [-0.1, -0.05) is 32.0 Å². The largest absolute Gasteiger partial charge is 0.344 e. The molecule has 4 N–H and O–H groups in total. The zero-order chi connectivity index (χ0) is 17.4. The lowest BCUT2D eigenvalue weighted by Gasteiger charge is -2.10. The van der Waals surface area contributed by atoms with Crippen molar-refractivity contribution in [3.05, 3.63) is 59.4 Å². The molecule has 0 aliphatic heterocycles. The van der Waals surface area contributed by atoms with Gasteiger partial charge in [-0.05, 0) is 58.7 Å². The lowest BCUT2D eigenvalue weighted by Crippen LogP contribution is -1.99. The summed E-state index contributed by atoms with van der Waals surface area (Å²) in [7, 11) is 0. The molecule has 0 unspecified atom stereocenters. The van der Waals surface area contributed by atoms with Gasteiger partial charge in [-0.25, -0.2) is 9.49 Å². The number of aromatic nitrogens is 5. The van der Waals surface area contributed by atoms with Crippen LogP contribution in [0.25, 0.3) is 28.1 Å². The number of halogens is 1. The number of aryl methyl sites for hydroxylation is 2. The molecule has 0 radical (unpaired) electrons.